The van der Waals surface area contributed by atoms with Gasteiger partial charge >= 0.3 is 16.4 Å². The highest BCUT2D eigenvalue weighted by Crippen LogP contribution is 2.13. The molecule has 0 aromatic rings. The lowest BCUT2D eigenvalue weighted by atomic mass is 10.1. The van der Waals surface area contributed by atoms with Gasteiger partial charge in [0.25, 0.3) is 0 Å². The van der Waals surface area contributed by atoms with Crippen LogP contribution >= 0.6 is 0 Å². The predicted molar refractivity (Wildman–Crippen MR) is 99.1 cm³/mol. The van der Waals surface area contributed by atoms with Crippen molar-refractivity contribution in [1.29, 1.82) is 0 Å². The molecule has 0 heterocycles. The second kappa shape index (κ2) is 16.4. The van der Waals surface area contributed by atoms with Crippen molar-refractivity contribution in [2.75, 3.05) is 13.3 Å². The SMILES string of the molecule is CCCCCCC(OS(=O)(=O)O)C(=O)OCCCCCCCCCCF. The van der Waals surface area contributed by atoms with E-state index in [4.69, 9.17) is 9.29 Å². The summed E-state index contributed by atoms with van der Waals surface area (Å²) in [6.45, 7) is 2.01. The number of hydrogen-bond donors (Lipinski definition) is 1. The Morgan fingerprint density at radius 3 is 2.00 bits per heavy atom. The first kappa shape index (κ1) is 25.3. The molecule has 0 saturated heterocycles. The number of halogens is 1. The second-order valence-electron chi connectivity index (χ2n) is 6.55. The number of carbonyl (C=O) groups excluding carboxylic acids is 1. The van der Waals surface area contributed by atoms with Gasteiger partial charge < -0.3 is 4.74 Å². The van der Waals surface area contributed by atoms with Gasteiger partial charge in [0.1, 0.15) is 0 Å². The minimum Gasteiger partial charge on any atom is -0.464 e. The van der Waals surface area contributed by atoms with Crippen LogP contribution in [0.4, 0.5) is 4.39 Å². The van der Waals surface area contributed by atoms with E-state index in [-0.39, 0.29) is 19.7 Å². The highest BCUT2D eigenvalue weighted by atomic mass is 32.3. The van der Waals surface area contributed by atoms with Crippen LogP contribution in [0, 0.1) is 0 Å². The van der Waals surface area contributed by atoms with Gasteiger partial charge in [-0.15, -0.1) is 0 Å². The largest absolute Gasteiger partial charge is 0.464 e. The maximum Gasteiger partial charge on any atom is 0.398 e. The van der Waals surface area contributed by atoms with Gasteiger partial charge in [0.05, 0.1) is 13.3 Å². The average molecular weight is 399 g/mol. The number of carbonyl (C=O) groups is 1. The number of alkyl halides is 1. The molecular formula is C18H35FO6S. The number of ether oxygens (including phenoxy) is 1. The molecular weight excluding hydrogens is 363 g/mol. The van der Waals surface area contributed by atoms with Crippen LogP contribution in [0.15, 0.2) is 0 Å². The Morgan fingerprint density at radius 2 is 1.46 bits per heavy atom. The van der Waals surface area contributed by atoms with E-state index >= 15 is 0 Å². The van der Waals surface area contributed by atoms with E-state index in [2.05, 4.69) is 4.18 Å². The van der Waals surface area contributed by atoms with Crippen molar-refractivity contribution in [3.63, 3.8) is 0 Å². The van der Waals surface area contributed by atoms with Gasteiger partial charge in [0, 0.05) is 0 Å². The van der Waals surface area contributed by atoms with Crippen LogP contribution in [0.2, 0.25) is 0 Å². The fourth-order valence-corrected chi connectivity index (χ4v) is 3.10. The zero-order valence-electron chi connectivity index (χ0n) is 16.0. The van der Waals surface area contributed by atoms with Gasteiger partial charge in [-0.2, -0.15) is 8.42 Å². The van der Waals surface area contributed by atoms with Crippen molar-refractivity contribution in [3.05, 3.63) is 0 Å². The third-order valence-corrected chi connectivity index (χ3v) is 4.57. The van der Waals surface area contributed by atoms with Crippen molar-refractivity contribution in [2.45, 2.75) is 96.5 Å². The van der Waals surface area contributed by atoms with Gasteiger partial charge in [-0.1, -0.05) is 71.1 Å². The first-order chi connectivity index (χ1) is 12.4. The van der Waals surface area contributed by atoms with Gasteiger partial charge in [0.15, 0.2) is 6.10 Å². The lowest BCUT2D eigenvalue weighted by molar-refractivity contribution is -0.152. The Labute approximate surface area is 157 Å². The van der Waals surface area contributed by atoms with Crippen LogP contribution in [-0.4, -0.2) is 38.3 Å². The van der Waals surface area contributed by atoms with Crippen LogP contribution in [-0.2, 0) is 24.1 Å². The third-order valence-electron chi connectivity index (χ3n) is 4.09. The summed E-state index contributed by atoms with van der Waals surface area (Å²) in [6.07, 6.45) is 9.84. The van der Waals surface area contributed by atoms with Crippen LogP contribution in [0.3, 0.4) is 0 Å². The first-order valence-corrected chi connectivity index (χ1v) is 11.2. The molecule has 1 atom stereocenters. The lowest BCUT2D eigenvalue weighted by Gasteiger charge is -2.14. The second-order valence-corrected chi connectivity index (χ2v) is 7.59. The van der Waals surface area contributed by atoms with Gasteiger partial charge in [-0.25, -0.2) is 8.98 Å². The van der Waals surface area contributed by atoms with Crippen molar-refractivity contribution < 1.29 is 31.1 Å². The molecule has 0 rings (SSSR count). The van der Waals surface area contributed by atoms with Crippen LogP contribution < -0.4 is 0 Å². The molecule has 0 radical (unpaired) electrons. The zero-order chi connectivity index (χ0) is 19.7. The predicted octanol–water partition coefficient (Wildman–Crippen LogP) is 4.78. The summed E-state index contributed by atoms with van der Waals surface area (Å²) in [5.41, 5.74) is 0. The van der Waals surface area contributed by atoms with Gasteiger partial charge in [0.2, 0.25) is 0 Å². The van der Waals surface area contributed by atoms with Crippen molar-refractivity contribution in [1.82, 2.24) is 0 Å². The highest BCUT2D eigenvalue weighted by Gasteiger charge is 2.26. The Bertz CT molecular complexity index is 441. The lowest BCUT2D eigenvalue weighted by Crippen LogP contribution is -2.29. The topological polar surface area (TPSA) is 89.9 Å². The molecule has 0 aliphatic heterocycles. The van der Waals surface area contributed by atoms with Crippen molar-refractivity contribution in [2.24, 2.45) is 0 Å². The fraction of sp³-hybridized carbons (Fsp3) is 0.944. The Morgan fingerprint density at radius 1 is 0.923 bits per heavy atom. The van der Waals surface area contributed by atoms with Crippen molar-refractivity contribution in [3.8, 4) is 0 Å². The van der Waals surface area contributed by atoms with Crippen LogP contribution in [0.25, 0.3) is 0 Å². The molecule has 0 bridgehead atoms. The fourth-order valence-electron chi connectivity index (χ4n) is 2.63. The molecule has 0 spiro atoms. The first-order valence-electron chi connectivity index (χ1n) is 9.79. The Balaban J connectivity index is 3.90. The van der Waals surface area contributed by atoms with Crippen LogP contribution in [0.1, 0.15) is 90.4 Å². The molecule has 0 saturated carbocycles. The number of rotatable bonds is 18. The molecule has 1 N–H and O–H groups in total. The smallest absolute Gasteiger partial charge is 0.398 e. The molecule has 6 nitrogen and oxygen atoms in total. The number of hydrogen-bond acceptors (Lipinski definition) is 5. The van der Waals surface area contributed by atoms with E-state index in [0.717, 1.165) is 57.8 Å². The summed E-state index contributed by atoms with van der Waals surface area (Å²) in [6, 6.07) is 0. The Hall–Kier alpha value is -0.730. The number of unbranched alkanes of at least 4 members (excludes halogenated alkanes) is 10. The van der Waals surface area contributed by atoms with E-state index in [0.29, 0.717) is 19.3 Å². The van der Waals surface area contributed by atoms with Gasteiger partial charge in [-0.3, -0.25) is 8.94 Å². The summed E-state index contributed by atoms with van der Waals surface area (Å²) in [5, 5.41) is 0. The quantitative estimate of drug-likeness (QED) is 0.203. The standard InChI is InChI=1S/C18H35FO6S/c1-2-3-4-11-14-17(25-26(21,22)23)18(20)24-16-13-10-8-6-5-7-9-12-15-19/h17H,2-16H2,1H3,(H,21,22,23). The molecule has 0 aromatic carbocycles. The number of esters is 1. The van der Waals surface area contributed by atoms with E-state index in [1.165, 1.54) is 0 Å². The minimum absolute atomic E-state index is 0.206. The van der Waals surface area contributed by atoms with Crippen molar-refractivity contribution >= 4 is 16.4 Å². The zero-order valence-corrected chi connectivity index (χ0v) is 16.8. The Kier molecular flexibility index (Phi) is 16.0. The molecule has 0 amide bonds. The highest BCUT2D eigenvalue weighted by molar-refractivity contribution is 7.80. The van der Waals surface area contributed by atoms with E-state index < -0.39 is 22.5 Å². The van der Waals surface area contributed by atoms with E-state index in [1.54, 1.807) is 0 Å². The maximum absolute atomic E-state index is 12.0. The molecule has 0 fully saturated rings. The van der Waals surface area contributed by atoms with Gasteiger partial charge in [-0.05, 0) is 19.3 Å². The molecule has 0 aromatic heterocycles. The molecule has 0 aliphatic carbocycles. The third kappa shape index (κ3) is 16.7. The molecule has 0 aliphatic rings. The van der Waals surface area contributed by atoms with E-state index in [9.17, 15) is 17.6 Å². The van der Waals surface area contributed by atoms with E-state index in [1.807, 2.05) is 6.92 Å². The average Bonchev–Trinajstić information content (AvgIpc) is 2.58. The summed E-state index contributed by atoms with van der Waals surface area (Å²) >= 11 is 0. The molecule has 1 unspecified atom stereocenters. The minimum atomic E-state index is -4.69. The normalized spacial score (nSPS) is 12.9. The molecule has 26 heavy (non-hydrogen) atoms. The summed E-state index contributed by atoms with van der Waals surface area (Å²) < 4.78 is 52.0. The molecule has 156 valence electrons. The summed E-state index contributed by atoms with van der Waals surface area (Å²) in [5.74, 6) is -0.745. The summed E-state index contributed by atoms with van der Waals surface area (Å²) in [7, 11) is -4.69. The monoisotopic (exact) mass is 398 g/mol. The summed E-state index contributed by atoms with van der Waals surface area (Å²) in [4.78, 5) is 12.0. The maximum atomic E-state index is 12.0. The molecule has 8 heteroatoms. The van der Waals surface area contributed by atoms with Crippen LogP contribution in [0.5, 0.6) is 0 Å².